The molecule has 2 aliphatic heterocycles. The normalized spacial score (nSPS) is 26.2. The van der Waals surface area contributed by atoms with Gasteiger partial charge in [-0.3, -0.25) is 14.9 Å². The predicted octanol–water partition coefficient (Wildman–Crippen LogP) is -1.13. The Hall–Kier alpha value is -2.94. The lowest BCUT2D eigenvalue weighted by atomic mass is 10.1. The number of rotatable bonds is 6. The van der Waals surface area contributed by atoms with E-state index in [4.69, 9.17) is 4.74 Å². The number of aliphatic hydroxyl groups excluding tert-OH is 3. The Balaban J connectivity index is 1.61. The van der Waals surface area contributed by atoms with Crippen LogP contribution in [0.1, 0.15) is 16.7 Å². The second-order valence-electron chi connectivity index (χ2n) is 7.53. The third-order valence-corrected chi connectivity index (χ3v) is 5.51. The van der Waals surface area contributed by atoms with Crippen LogP contribution in [0.15, 0.2) is 36.8 Å². The number of aromatic nitrogens is 2. The molecule has 4 rings (SSSR count). The van der Waals surface area contributed by atoms with E-state index < -0.39 is 42.0 Å². The van der Waals surface area contributed by atoms with E-state index in [1.165, 1.54) is 46.4 Å². The van der Waals surface area contributed by atoms with Crippen molar-refractivity contribution >= 4 is 17.3 Å². The van der Waals surface area contributed by atoms with E-state index in [2.05, 4.69) is 10.3 Å². The Kier molecular flexibility index (Phi) is 6.45. The molecule has 32 heavy (non-hydrogen) atoms. The molecule has 2 aliphatic rings. The summed E-state index contributed by atoms with van der Waals surface area (Å²) in [7, 11) is 0. The maximum atomic E-state index is 13.4. The zero-order valence-electron chi connectivity index (χ0n) is 17.0. The second-order valence-corrected chi connectivity index (χ2v) is 7.53. The largest absolute Gasteiger partial charge is 0.394 e. The van der Waals surface area contributed by atoms with E-state index in [0.29, 0.717) is 31.9 Å². The Morgan fingerprint density at radius 3 is 2.53 bits per heavy atom. The smallest absolute Gasteiger partial charge is 0.293 e. The minimum atomic E-state index is -1.30. The summed E-state index contributed by atoms with van der Waals surface area (Å²) in [4.78, 5) is 28.0. The van der Waals surface area contributed by atoms with Gasteiger partial charge in [-0.25, -0.2) is 15.0 Å². The van der Waals surface area contributed by atoms with Crippen LogP contribution in [-0.2, 0) is 4.74 Å². The zero-order chi connectivity index (χ0) is 22.8. The van der Waals surface area contributed by atoms with Crippen LogP contribution in [0.4, 0.5) is 11.4 Å². The van der Waals surface area contributed by atoms with Gasteiger partial charge in [-0.1, -0.05) is 0 Å². The molecule has 4 atom stereocenters. The summed E-state index contributed by atoms with van der Waals surface area (Å²) in [5, 5.41) is 46.9. The number of ether oxygens (including phenoxy) is 1. The quantitative estimate of drug-likeness (QED) is 0.314. The number of hydrogen-bond donors (Lipinski definition) is 4. The number of non-ortho nitro benzene ring substituents is 1. The number of benzene rings is 1. The molecule has 0 saturated carbocycles. The Labute approximate surface area is 182 Å². The summed E-state index contributed by atoms with van der Waals surface area (Å²) >= 11 is 0. The van der Waals surface area contributed by atoms with Crippen LogP contribution in [-0.4, -0.2) is 91.8 Å². The highest BCUT2D eigenvalue weighted by molar-refractivity contribution is 6.04. The minimum absolute atomic E-state index is 0.0552. The van der Waals surface area contributed by atoms with Gasteiger partial charge in [0.25, 0.3) is 11.6 Å². The average Bonchev–Trinajstić information content (AvgIpc) is 3.40. The first-order valence-corrected chi connectivity index (χ1v) is 10.1. The fourth-order valence-corrected chi connectivity index (χ4v) is 3.80. The first kappa shape index (κ1) is 22.3. The Morgan fingerprint density at radius 2 is 1.94 bits per heavy atom. The molecule has 172 valence electrons. The number of hydrazine groups is 1. The molecule has 0 spiro atoms. The maximum absolute atomic E-state index is 13.4. The minimum Gasteiger partial charge on any atom is -0.394 e. The molecule has 1 amide bonds. The molecular formula is C19H24N6O7. The molecule has 0 unspecified atom stereocenters. The van der Waals surface area contributed by atoms with Crippen LogP contribution < -0.4 is 10.3 Å². The number of aliphatic hydroxyl groups is 3. The molecule has 2 aromatic rings. The van der Waals surface area contributed by atoms with Crippen molar-refractivity contribution in [3.05, 3.63) is 52.6 Å². The van der Waals surface area contributed by atoms with Gasteiger partial charge in [-0.05, 0) is 12.1 Å². The van der Waals surface area contributed by atoms with Crippen LogP contribution in [0.5, 0.6) is 0 Å². The van der Waals surface area contributed by atoms with Crippen LogP contribution in [0.25, 0.3) is 0 Å². The van der Waals surface area contributed by atoms with Crippen molar-refractivity contribution in [3.8, 4) is 0 Å². The standard InChI is InChI=1S/C19H24N6O7/c26-10-15-16(27)17(28)19(32-15)22-9-14(21-11-22)18(29)24(23-7-5-20-6-8-23)12-1-3-13(4-2-12)25(30)31/h1-4,9,11,15-17,19-20,26-28H,5-8,10H2/t15-,16-,17-,19-/m1/s1. The number of nitro benzene ring substituents is 1. The van der Waals surface area contributed by atoms with Gasteiger partial charge < -0.3 is 29.9 Å². The SMILES string of the molecule is O=C(c1cn([C@@H]2O[C@H](CO)[C@@H](O)[C@H]2O)cn1)N(c1ccc([N+](=O)[O-])cc1)N1CCNCC1. The summed E-state index contributed by atoms with van der Waals surface area (Å²) in [5.41, 5.74) is 0.416. The fourth-order valence-electron chi connectivity index (χ4n) is 3.80. The first-order chi connectivity index (χ1) is 15.4. The number of nitrogens with zero attached hydrogens (tertiary/aromatic N) is 5. The van der Waals surface area contributed by atoms with Gasteiger partial charge in [0.15, 0.2) is 6.23 Å². The van der Waals surface area contributed by atoms with E-state index in [9.17, 15) is 30.2 Å². The number of carbonyl (C=O) groups is 1. The van der Waals surface area contributed by atoms with E-state index in [1.807, 2.05) is 5.01 Å². The fraction of sp³-hybridized carbons (Fsp3) is 0.474. The lowest BCUT2D eigenvalue weighted by Gasteiger charge is -2.37. The number of imidazole rings is 1. The molecule has 0 radical (unpaired) electrons. The van der Waals surface area contributed by atoms with Crippen molar-refractivity contribution in [2.75, 3.05) is 37.8 Å². The summed E-state index contributed by atoms with van der Waals surface area (Å²) < 4.78 is 6.84. The lowest BCUT2D eigenvalue weighted by molar-refractivity contribution is -0.384. The molecule has 3 heterocycles. The Bertz CT molecular complexity index is 961. The van der Waals surface area contributed by atoms with E-state index >= 15 is 0 Å². The zero-order valence-corrected chi connectivity index (χ0v) is 17.0. The second kappa shape index (κ2) is 9.28. The number of nitrogens with one attached hydrogen (secondary N) is 1. The highest BCUT2D eigenvalue weighted by Crippen LogP contribution is 2.30. The Morgan fingerprint density at radius 1 is 1.25 bits per heavy atom. The van der Waals surface area contributed by atoms with Gasteiger partial charge in [0.1, 0.15) is 24.0 Å². The number of hydrogen-bond acceptors (Lipinski definition) is 10. The molecule has 2 saturated heterocycles. The summed E-state index contributed by atoms with van der Waals surface area (Å²) in [6, 6.07) is 5.66. The van der Waals surface area contributed by atoms with E-state index in [-0.39, 0.29) is 11.4 Å². The van der Waals surface area contributed by atoms with Crippen molar-refractivity contribution in [1.82, 2.24) is 19.9 Å². The molecule has 4 N–H and O–H groups in total. The molecule has 1 aromatic carbocycles. The van der Waals surface area contributed by atoms with Gasteiger partial charge in [0.2, 0.25) is 0 Å². The van der Waals surface area contributed by atoms with Gasteiger partial charge in [0, 0.05) is 44.5 Å². The number of anilines is 1. The first-order valence-electron chi connectivity index (χ1n) is 10.1. The number of piperazine rings is 1. The molecular weight excluding hydrogens is 424 g/mol. The van der Waals surface area contributed by atoms with Crippen molar-refractivity contribution in [1.29, 1.82) is 0 Å². The van der Waals surface area contributed by atoms with Crippen molar-refractivity contribution in [2.24, 2.45) is 0 Å². The highest BCUT2D eigenvalue weighted by atomic mass is 16.6. The van der Waals surface area contributed by atoms with Crippen molar-refractivity contribution in [3.63, 3.8) is 0 Å². The van der Waals surface area contributed by atoms with Gasteiger partial charge >= 0.3 is 0 Å². The molecule has 0 bridgehead atoms. The monoisotopic (exact) mass is 448 g/mol. The van der Waals surface area contributed by atoms with Gasteiger partial charge in [-0.15, -0.1) is 0 Å². The maximum Gasteiger partial charge on any atom is 0.293 e. The van der Waals surface area contributed by atoms with Gasteiger partial charge in [-0.2, -0.15) is 0 Å². The van der Waals surface area contributed by atoms with Crippen LogP contribution in [0.2, 0.25) is 0 Å². The number of amides is 1. The molecule has 0 aliphatic carbocycles. The van der Waals surface area contributed by atoms with Crippen LogP contribution in [0.3, 0.4) is 0 Å². The van der Waals surface area contributed by atoms with Crippen LogP contribution in [0, 0.1) is 10.1 Å². The molecule has 2 fully saturated rings. The molecule has 13 nitrogen and oxygen atoms in total. The van der Waals surface area contributed by atoms with Crippen molar-refractivity contribution < 1.29 is 29.8 Å². The van der Waals surface area contributed by atoms with Crippen LogP contribution >= 0.6 is 0 Å². The van der Waals surface area contributed by atoms with E-state index in [0.717, 1.165) is 0 Å². The summed E-state index contributed by atoms with van der Waals surface area (Å²) in [6.45, 7) is 1.93. The number of carbonyl (C=O) groups excluding carboxylic acids is 1. The predicted molar refractivity (Wildman–Crippen MR) is 110 cm³/mol. The summed E-state index contributed by atoms with van der Waals surface area (Å²) in [6.07, 6.45) is -1.84. The molecule has 13 heteroatoms. The van der Waals surface area contributed by atoms with E-state index in [1.54, 1.807) is 0 Å². The topological polar surface area (TPSA) is 166 Å². The lowest BCUT2D eigenvalue weighted by Crippen LogP contribution is -2.55. The highest BCUT2D eigenvalue weighted by Gasteiger charge is 2.43. The third kappa shape index (κ3) is 4.21. The number of nitro groups is 1. The average molecular weight is 448 g/mol. The third-order valence-electron chi connectivity index (χ3n) is 5.51. The molecule has 1 aromatic heterocycles. The van der Waals surface area contributed by atoms with Crippen molar-refractivity contribution in [2.45, 2.75) is 24.5 Å². The summed E-state index contributed by atoms with van der Waals surface area (Å²) in [5.74, 6) is -0.466. The van der Waals surface area contributed by atoms with Gasteiger partial charge in [0.05, 0.1) is 23.5 Å².